The first-order valence-corrected chi connectivity index (χ1v) is 8.55. The highest BCUT2D eigenvalue weighted by Gasteiger charge is 2.17. The lowest BCUT2D eigenvalue weighted by Crippen LogP contribution is -2.16. The average molecular weight is 400 g/mol. The van der Waals surface area contributed by atoms with Gasteiger partial charge < -0.3 is 15.2 Å². The lowest BCUT2D eigenvalue weighted by molar-refractivity contribution is 0.0692. The molecule has 3 aromatic rings. The summed E-state index contributed by atoms with van der Waals surface area (Å²) in [5, 5.41) is 12.1. The predicted molar refractivity (Wildman–Crippen MR) is 105 cm³/mol. The van der Waals surface area contributed by atoms with Crippen LogP contribution in [0.2, 0.25) is 5.02 Å². The van der Waals surface area contributed by atoms with Crippen LogP contribution in [-0.4, -0.2) is 24.1 Å². The van der Waals surface area contributed by atoms with E-state index in [9.17, 15) is 19.1 Å². The van der Waals surface area contributed by atoms with Crippen LogP contribution < -0.4 is 10.1 Å². The van der Waals surface area contributed by atoms with E-state index in [0.717, 1.165) is 6.07 Å². The van der Waals surface area contributed by atoms with Crippen molar-refractivity contribution in [3.8, 4) is 16.9 Å². The Bertz CT molecular complexity index is 1070. The molecule has 7 heteroatoms. The third-order valence-electron chi connectivity index (χ3n) is 4.09. The van der Waals surface area contributed by atoms with Gasteiger partial charge in [0.1, 0.15) is 11.6 Å². The number of ether oxygens (including phenoxy) is 1. The fourth-order valence-corrected chi connectivity index (χ4v) is 2.93. The van der Waals surface area contributed by atoms with Gasteiger partial charge in [-0.3, -0.25) is 4.79 Å². The highest BCUT2D eigenvalue weighted by Crippen LogP contribution is 2.34. The topological polar surface area (TPSA) is 75.6 Å². The first kappa shape index (κ1) is 19.4. The number of hydrogen-bond acceptors (Lipinski definition) is 3. The van der Waals surface area contributed by atoms with E-state index >= 15 is 0 Å². The van der Waals surface area contributed by atoms with Crippen LogP contribution in [0.15, 0.2) is 60.7 Å². The standard InChI is InChI=1S/C21H15ClFNO4/c1-28-13-7-9-18(22)17(11-13)14-8-6-12(10-19(14)23)24-20(25)15-4-2-3-5-16(15)21(26)27/h2-11H,1H3,(H,24,25)(H,26,27). The molecule has 0 heterocycles. The van der Waals surface area contributed by atoms with Crippen LogP contribution in [-0.2, 0) is 0 Å². The number of anilines is 1. The Morgan fingerprint density at radius 2 is 1.71 bits per heavy atom. The molecule has 0 aliphatic carbocycles. The number of halogens is 2. The summed E-state index contributed by atoms with van der Waals surface area (Å²) in [5.74, 6) is -1.94. The molecule has 2 N–H and O–H groups in total. The van der Waals surface area contributed by atoms with E-state index < -0.39 is 17.7 Å². The third-order valence-corrected chi connectivity index (χ3v) is 4.42. The molecule has 0 spiro atoms. The Hall–Kier alpha value is -3.38. The SMILES string of the molecule is COc1ccc(Cl)c(-c2ccc(NC(=O)c3ccccc3C(=O)O)cc2F)c1. The molecule has 3 aromatic carbocycles. The summed E-state index contributed by atoms with van der Waals surface area (Å²) in [6, 6.07) is 14.8. The van der Waals surface area contributed by atoms with Crippen molar-refractivity contribution in [2.75, 3.05) is 12.4 Å². The molecular weight excluding hydrogens is 385 g/mol. The van der Waals surface area contributed by atoms with Crippen molar-refractivity contribution >= 4 is 29.2 Å². The summed E-state index contributed by atoms with van der Waals surface area (Å²) >= 11 is 6.16. The summed E-state index contributed by atoms with van der Waals surface area (Å²) in [7, 11) is 1.50. The van der Waals surface area contributed by atoms with Gasteiger partial charge in [0.25, 0.3) is 5.91 Å². The summed E-state index contributed by atoms with van der Waals surface area (Å²) in [6.45, 7) is 0. The molecule has 142 valence electrons. The van der Waals surface area contributed by atoms with Gasteiger partial charge in [-0.2, -0.15) is 0 Å². The Morgan fingerprint density at radius 3 is 2.36 bits per heavy atom. The van der Waals surface area contributed by atoms with Gasteiger partial charge >= 0.3 is 5.97 Å². The zero-order chi connectivity index (χ0) is 20.3. The number of carbonyl (C=O) groups is 2. The fraction of sp³-hybridized carbons (Fsp3) is 0.0476. The molecule has 0 saturated carbocycles. The largest absolute Gasteiger partial charge is 0.497 e. The van der Waals surface area contributed by atoms with Crippen molar-refractivity contribution in [1.82, 2.24) is 0 Å². The molecule has 1 amide bonds. The molecule has 0 radical (unpaired) electrons. The summed E-state index contributed by atoms with van der Waals surface area (Å²) in [5.41, 5.74) is 0.724. The van der Waals surface area contributed by atoms with Crippen LogP contribution in [0.3, 0.4) is 0 Å². The maximum Gasteiger partial charge on any atom is 0.336 e. The Labute approximate surface area is 165 Å². The number of rotatable bonds is 5. The minimum absolute atomic E-state index is 0.0182. The lowest BCUT2D eigenvalue weighted by Gasteiger charge is -2.11. The second-order valence-electron chi connectivity index (χ2n) is 5.85. The number of carbonyl (C=O) groups excluding carboxylic acids is 1. The Kier molecular flexibility index (Phi) is 5.61. The monoisotopic (exact) mass is 399 g/mol. The number of aromatic carboxylic acids is 1. The van der Waals surface area contributed by atoms with E-state index in [1.54, 1.807) is 24.3 Å². The molecule has 0 unspecified atom stereocenters. The van der Waals surface area contributed by atoms with Crippen LogP contribution in [0, 0.1) is 5.82 Å². The van der Waals surface area contributed by atoms with Gasteiger partial charge in [0.15, 0.2) is 0 Å². The van der Waals surface area contributed by atoms with E-state index in [0.29, 0.717) is 16.3 Å². The van der Waals surface area contributed by atoms with Crippen molar-refractivity contribution in [1.29, 1.82) is 0 Å². The second-order valence-corrected chi connectivity index (χ2v) is 6.25. The van der Waals surface area contributed by atoms with Gasteiger partial charge in [0, 0.05) is 21.8 Å². The summed E-state index contributed by atoms with van der Waals surface area (Å²) in [4.78, 5) is 23.7. The maximum absolute atomic E-state index is 14.7. The van der Waals surface area contributed by atoms with Crippen LogP contribution in [0.1, 0.15) is 20.7 Å². The molecular formula is C21H15ClFNO4. The normalized spacial score (nSPS) is 10.4. The van der Waals surface area contributed by atoms with Gasteiger partial charge in [-0.1, -0.05) is 23.7 Å². The molecule has 5 nitrogen and oxygen atoms in total. The van der Waals surface area contributed by atoms with E-state index in [4.69, 9.17) is 16.3 Å². The van der Waals surface area contributed by atoms with Crippen LogP contribution in [0.5, 0.6) is 5.75 Å². The van der Waals surface area contributed by atoms with Crippen LogP contribution >= 0.6 is 11.6 Å². The van der Waals surface area contributed by atoms with Gasteiger partial charge in [-0.05, 0) is 48.5 Å². The minimum Gasteiger partial charge on any atom is -0.497 e. The molecule has 3 rings (SSSR count). The molecule has 28 heavy (non-hydrogen) atoms. The number of carboxylic acid groups (broad SMARTS) is 1. The first-order chi connectivity index (χ1) is 13.4. The lowest BCUT2D eigenvalue weighted by atomic mass is 10.0. The number of carboxylic acids is 1. The molecule has 0 fully saturated rings. The van der Waals surface area contributed by atoms with Crippen molar-refractivity contribution in [2.24, 2.45) is 0 Å². The average Bonchev–Trinajstić information content (AvgIpc) is 2.69. The minimum atomic E-state index is -1.22. The van der Waals surface area contributed by atoms with Crippen molar-refractivity contribution in [3.05, 3.63) is 82.6 Å². The van der Waals surface area contributed by atoms with E-state index in [1.165, 1.54) is 37.4 Å². The number of nitrogens with one attached hydrogen (secondary N) is 1. The highest BCUT2D eigenvalue weighted by atomic mass is 35.5. The number of methoxy groups -OCH3 is 1. The Morgan fingerprint density at radius 1 is 1.00 bits per heavy atom. The fourth-order valence-electron chi connectivity index (χ4n) is 2.72. The quantitative estimate of drug-likeness (QED) is 0.625. The van der Waals surface area contributed by atoms with Crippen molar-refractivity contribution in [3.63, 3.8) is 0 Å². The molecule has 0 aromatic heterocycles. The predicted octanol–water partition coefficient (Wildman–Crippen LogP) is 5.11. The van der Waals surface area contributed by atoms with E-state index in [1.807, 2.05) is 0 Å². The van der Waals surface area contributed by atoms with E-state index in [2.05, 4.69) is 5.32 Å². The summed E-state index contributed by atoms with van der Waals surface area (Å²) < 4.78 is 19.8. The van der Waals surface area contributed by atoms with Gasteiger partial charge in [0.05, 0.1) is 18.2 Å². The third kappa shape index (κ3) is 3.97. The van der Waals surface area contributed by atoms with Crippen molar-refractivity contribution in [2.45, 2.75) is 0 Å². The molecule has 0 atom stereocenters. The van der Waals surface area contributed by atoms with Gasteiger partial charge in [-0.15, -0.1) is 0 Å². The van der Waals surface area contributed by atoms with E-state index in [-0.39, 0.29) is 22.4 Å². The highest BCUT2D eigenvalue weighted by molar-refractivity contribution is 6.33. The van der Waals surface area contributed by atoms with Crippen molar-refractivity contribution < 1.29 is 23.8 Å². The van der Waals surface area contributed by atoms with Gasteiger partial charge in [-0.25, -0.2) is 9.18 Å². The maximum atomic E-state index is 14.7. The summed E-state index contributed by atoms with van der Waals surface area (Å²) in [6.07, 6.45) is 0. The number of hydrogen-bond donors (Lipinski definition) is 2. The molecule has 0 bridgehead atoms. The smallest absolute Gasteiger partial charge is 0.336 e. The van der Waals surface area contributed by atoms with Crippen LogP contribution in [0.25, 0.3) is 11.1 Å². The second kappa shape index (κ2) is 8.10. The molecule has 0 aliphatic heterocycles. The Balaban J connectivity index is 1.90. The molecule has 0 aliphatic rings. The molecule has 0 saturated heterocycles. The van der Waals surface area contributed by atoms with Crippen LogP contribution in [0.4, 0.5) is 10.1 Å². The zero-order valence-electron chi connectivity index (χ0n) is 14.7. The number of benzene rings is 3. The zero-order valence-corrected chi connectivity index (χ0v) is 15.5. The van der Waals surface area contributed by atoms with Gasteiger partial charge in [0.2, 0.25) is 0 Å². The number of amides is 1. The first-order valence-electron chi connectivity index (χ1n) is 8.18.